The summed E-state index contributed by atoms with van der Waals surface area (Å²) in [5, 5.41) is 1.78. The average molecular weight is 224 g/mol. The Morgan fingerprint density at radius 1 is 1.27 bits per heavy atom. The van der Waals surface area contributed by atoms with Gasteiger partial charge < -0.3 is 9.72 Å². The van der Waals surface area contributed by atoms with Crippen LogP contribution in [0.2, 0.25) is 5.02 Å². The van der Waals surface area contributed by atoms with Crippen molar-refractivity contribution in [1.29, 1.82) is 0 Å². The topological polar surface area (TPSA) is 25.0 Å². The summed E-state index contributed by atoms with van der Waals surface area (Å²) < 4.78 is 5.17. The second-order valence-corrected chi connectivity index (χ2v) is 4.36. The summed E-state index contributed by atoms with van der Waals surface area (Å²) in [6.45, 7) is 4.31. The zero-order chi connectivity index (χ0) is 11.0. The van der Waals surface area contributed by atoms with Crippen molar-refractivity contribution in [3.8, 4) is 5.75 Å². The first-order valence-electron chi connectivity index (χ1n) is 4.98. The molecule has 0 radical (unpaired) electrons. The molecule has 0 aliphatic heterocycles. The molecule has 0 fully saturated rings. The highest BCUT2D eigenvalue weighted by molar-refractivity contribution is 6.32. The highest BCUT2D eigenvalue weighted by atomic mass is 35.5. The Labute approximate surface area is 94.2 Å². The molecule has 0 aliphatic carbocycles. The summed E-state index contributed by atoms with van der Waals surface area (Å²) in [4.78, 5) is 3.36. The SMILES string of the molecule is COc1cc2[nH]c(C(C)C)cc2cc1Cl. The smallest absolute Gasteiger partial charge is 0.139 e. The Balaban J connectivity index is 2.61. The second kappa shape index (κ2) is 3.78. The number of benzene rings is 1. The van der Waals surface area contributed by atoms with Crippen LogP contribution >= 0.6 is 11.6 Å². The zero-order valence-electron chi connectivity index (χ0n) is 9.10. The maximum Gasteiger partial charge on any atom is 0.139 e. The highest BCUT2D eigenvalue weighted by Gasteiger charge is 2.08. The van der Waals surface area contributed by atoms with Crippen molar-refractivity contribution in [3.05, 3.63) is 28.9 Å². The molecule has 1 heterocycles. The third kappa shape index (κ3) is 1.82. The molecule has 3 heteroatoms. The summed E-state index contributed by atoms with van der Waals surface area (Å²) in [7, 11) is 1.62. The van der Waals surface area contributed by atoms with Crippen LogP contribution in [-0.2, 0) is 0 Å². The number of nitrogens with one attached hydrogen (secondary N) is 1. The lowest BCUT2D eigenvalue weighted by atomic mass is 10.1. The van der Waals surface area contributed by atoms with Crippen molar-refractivity contribution >= 4 is 22.5 Å². The molecule has 0 bridgehead atoms. The molecule has 0 aliphatic rings. The molecule has 1 N–H and O–H groups in total. The van der Waals surface area contributed by atoms with Gasteiger partial charge in [0.25, 0.3) is 0 Å². The fourth-order valence-corrected chi connectivity index (χ4v) is 1.87. The molecule has 80 valence electrons. The summed E-state index contributed by atoms with van der Waals surface area (Å²) in [6, 6.07) is 5.99. The molecule has 15 heavy (non-hydrogen) atoms. The fraction of sp³-hybridized carbons (Fsp3) is 0.333. The molecule has 1 aromatic heterocycles. The van der Waals surface area contributed by atoms with Gasteiger partial charge in [0, 0.05) is 22.7 Å². The molecule has 2 rings (SSSR count). The van der Waals surface area contributed by atoms with Gasteiger partial charge in [-0.2, -0.15) is 0 Å². The molecular formula is C12H14ClNO. The number of ether oxygens (including phenoxy) is 1. The summed E-state index contributed by atoms with van der Waals surface area (Å²) >= 11 is 6.05. The third-order valence-electron chi connectivity index (χ3n) is 2.54. The Kier molecular flexibility index (Phi) is 2.61. The van der Waals surface area contributed by atoms with Crippen LogP contribution < -0.4 is 4.74 Å². The highest BCUT2D eigenvalue weighted by Crippen LogP contribution is 2.31. The average Bonchev–Trinajstić information content (AvgIpc) is 2.59. The van der Waals surface area contributed by atoms with Crippen LogP contribution in [0.3, 0.4) is 0 Å². The largest absolute Gasteiger partial charge is 0.495 e. The number of H-pyrrole nitrogens is 1. The van der Waals surface area contributed by atoms with E-state index in [1.165, 1.54) is 5.69 Å². The summed E-state index contributed by atoms with van der Waals surface area (Å²) in [6.07, 6.45) is 0. The molecule has 1 aromatic carbocycles. The van der Waals surface area contributed by atoms with Gasteiger partial charge in [0.1, 0.15) is 5.75 Å². The van der Waals surface area contributed by atoms with Crippen molar-refractivity contribution in [2.75, 3.05) is 7.11 Å². The Morgan fingerprint density at radius 3 is 2.60 bits per heavy atom. The molecule has 0 amide bonds. The number of aromatic amines is 1. The standard InChI is InChI=1S/C12H14ClNO/c1-7(2)10-5-8-4-9(13)12(15-3)6-11(8)14-10/h4-7,14H,1-3H3. The van der Waals surface area contributed by atoms with Crippen LogP contribution in [0.1, 0.15) is 25.5 Å². The van der Waals surface area contributed by atoms with E-state index in [0.29, 0.717) is 16.7 Å². The maximum atomic E-state index is 6.05. The Morgan fingerprint density at radius 2 is 2.00 bits per heavy atom. The number of fused-ring (bicyclic) bond motifs is 1. The van der Waals surface area contributed by atoms with Crippen molar-refractivity contribution in [2.45, 2.75) is 19.8 Å². The van der Waals surface area contributed by atoms with Crippen LogP contribution in [0.5, 0.6) is 5.75 Å². The van der Waals surface area contributed by atoms with Crippen LogP contribution in [0.25, 0.3) is 10.9 Å². The van der Waals surface area contributed by atoms with Crippen molar-refractivity contribution in [1.82, 2.24) is 4.98 Å². The van der Waals surface area contributed by atoms with Gasteiger partial charge in [0.2, 0.25) is 0 Å². The quantitative estimate of drug-likeness (QED) is 0.819. The van der Waals surface area contributed by atoms with Gasteiger partial charge >= 0.3 is 0 Å². The predicted octanol–water partition coefficient (Wildman–Crippen LogP) is 3.95. The van der Waals surface area contributed by atoms with E-state index in [4.69, 9.17) is 16.3 Å². The lowest BCUT2D eigenvalue weighted by Crippen LogP contribution is -1.85. The third-order valence-corrected chi connectivity index (χ3v) is 2.83. The zero-order valence-corrected chi connectivity index (χ0v) is 9.85. The Bertz CT molecular complexity index is 488. The number of aromatic nitrogens is 1. The number of halogens is 1. The predicted molar refractivity (Wildman–Crippen MR) is 63.9 cm³/mol. The van der Waals surface area contributed by atoms with E-state index >= 15 is 0 Å². The Hall–Kier alpha value is -1.15. The molecule has 2 nitrogen and oxygen atoms in total. The van der Waals surface area contributed by atoms with Crippen LogP contribution in [0.4, 0.5) is 0 Å². The minimum Gasteiger partial charge on any atom is -0.495 e. The number of hydrogen-bond acceptors (Lipinski definition) is 1. The minimum absolute atomic E-state index is 0.488. The molecule has 0 saturated carbocycles. The molecule has 0 saturated heterocycles. The van der Waals surface area contributed by atoms with E-state index in [1.807, 2.05) is 12.1 Å². The van der Waals surface area contributed by atoms with Gasteiger partial charge in [-0.05, 0) is 18.1 Å². The first kappa shape index (κ1) is 10.4. The van der Waals surface area contributed by atoms with E-state index in [0.717, 1.165) is 10.9 Å². The van der Waals surface area contributed by atoms with Crippen LogP contribution in [0, 0.1) is 0 Å². The first-order chi connectivity index (χ1) is 7.11. The van der Waals surface area contributed by atoms with Crippen molar-refractivity contribution < 1.29 is 4.74 Å². The van der Waals surface area contributed by atoms with Gasteiger partial charge in [-0.15, -0.1) is 0 Å². The molecular weight excluding hydrogens is 210 g/mol. The second-order valence-electron chi connectivity index (χ2n) is 3.95. The maximum absolute atomic E-state index is 6.05. The van der Waals surface area contributed by atoms with Gasteiger partial charge in [0.15, 0.2) is 0 Å². The molecule has 0 unspecified atom stereocenters. The molecule has 0 atom stereocenters. The number of rotatable bonds is 2. The van der Waals surface area contributed by atoms with Crippen molar-refractivity contribution in [2.24, 2.45) is 0 Å². The van der Waals surface area contributed by atoms with E-state index < -0.39 is 0 Å². The summed E-state index contributed by atoms with van der Waals surface area (Å²) in [5.74, 6) is 1.20. The van der Waals surface area contributed by atoms with Gasteiger partial charge in [-0.25, -0.2) is 0 Å². The molecule has 2 aromatic rings. The van der Waals surface area contributed by atoms with E-state index in [9.17, 15) is 0 Å². The van der Waals surface area contributed by atoms with Crippen molar-refractivity contribution in [3.63, 3.8) is 0 Å². The summed E-state index contributed by atoms with van der Waals surface area (Å²) in [5.41, 5.74) is 2.29. The fourth-order valence-electron chi connectivity index (χ4n) is 1.62. The van der Waals surface area contributed by atoms with Gasteiger partial charge in [-0.3, -0.25) is 0 Å². The monoisotopic (exact) mass is 223 g/mol. The minimum atomic E-state index is 0.488. The van der Waals surface area contributed by atoms with Gasteiger partial charge in [-0.1, -0.05) is 25.4 Å². The first-order valence-corrected chi connectivity index (χ1v) is 5.35. The normalized spacial score (nSPS) is 11.3. The van der Waals surface area contributed by atoms with E-state index in [-0.39, 0.29) is 0 Å². The van der Waals surface area contributed by atoms with Gasteiger partial charge in [0.05, 0.1) is 12.1 Å². The number of hydrogen-bond donors (Lipinski definition) is 1. The van der Waals surface area contributed by atoms with Crippen LogP contribution in [0.15, 0.2) is 18.2 Å². The van der Waals surface area contributed by atoms with Crippen LogP contribution in [-0.4, -0.2) is 12.1 Å². The number of methoxy groups -OCH3 is 1. The lowest BCUT2D eigenvalue weighted by Gasteiger charge is -2.01. The van der Waals surface area contributed by atoms with E-state index in [2.05, 4.69) is 24.9 Å². The molecule has 0 spiro atoms. The van der Waals surface area contributed by atoms with E-state index in [1.54, 1.807) is 7.11 Å². The lowest BCUT2D eigenvalue weighted by molar-refractivity contribution is 0.415.